The fraction of sp³-hybridized carbons (Fsp3) is 0.136. The lowest BCUT2D eigenvalue weighted by atomic mass is 10.2. The summed E-state index contributed by atoms with van der Waals surface area (Å²) in [7, 11) is -1.33. The van der Waals surface area contributed by atoms with Gasteiger partial charge in [0.15, 0.2) is 0 Å². The molecule has 0 aliphatic carbocycles. The van der Waals surface area contributed by atoms with Gasteiger partial charge >= 0.3 is 0 Å². The summed E-state index contributed by atoms with van der Waals surface area (Å²) in [5.41, 5.74) is 0.307. The van der Waals surface area contributed by atoms with Crippen molar-refractivity contribution in [1.82, 2.24) is 0 Å². The maximum absolute atomic E-state index is 13.4. The van der Waals surface area contributed by atoms with Crippen LogP contribution in [0.2, 0.25) is 15.1 Å². The molecule has 0 saturated heterocycles. The molecule has 0 spiro atoms. The molecule has 3 aromatic rings. The van der Waals surface area contributed by atoms with Crippen LogP contribution >= 0.6 is 34.8 Å². The summed E-state index contributed by atoms with van der Waals surface area (Å²) < 4.78 is 38.2. The van der Waals surface area contributed by atoms with Crippen LogP contribution in [0.3, 0.4) is 0 Å². The number of hydrogen-bond acceptors (Lipinski definition) is 5. The fourth-order valence-electron chi connectivity index (χ4n) is 2.97. The normalized spacial score (nSPS) is 11.1. The number of nitrogens with one attached hydrogen (secondary N) is 1. The third-order valence-corrected chi connectivity index (χ3v) is 7.17. The average molecular weight is 530 g/mol. The zero-order chi connectivity index (χ0) is 24.2. The Morgan fingerprint density at radius 3 is 2.21 bits per heavy atom. The molecule has 0 saturated carbocycles. The third kappa shape index (κ3) is 5.65. The predicted molar refractivity (Wildman–Crippen MR) is 131 cm³/mol. The van der Waals surface area contributed by atoms with Crippen LogP contribution in [0.1, 0.15) is 0 Å². The lowest BCUT2D eigenvalue weighted by Gasteiger charge is -2.25. The molecule has 7 nitrogen and oxygen atoms in total. The second kappa shape index (κ2) is 10.5. The molecule has 0 unspecified atom stereocenters. The van der Waals surface area contributed by atoms with E-state index < -0.39 is 22.5 Å². The zero-order valence-corrected chi connectivity index (χ0v) is 20.6. The molecular formula is C22H19Cl3N2O5S. The van der Waals surface area contributed by atoms with Crippen molar-refractivity contribution in [2.45, 2.75) is 4.90 Å². The van der Waals surface area contributed by atoms with E-state index in [0.29, 0.717) is 5.75 Å². The van der Waals surface area contributed by atoms with Gasteiger partial charge in [-0.3, -0.25) is 9.10 Å². The molecule has 3 aromatic carbocycles. The largest absolute Gasteiger partial charge is 0.495 e. The van der Waals surface area contributed by atoms with Gasteiger partial charge in [-0.2, -0.15) is 0 Å². The predicted octanol–water partition coefficient (Wildman–Crippen LogP) is 5.50. The standard InChI is InChI=1S/C22H19Cl3N2O5S/c1-31-20-12-18(21(32-2)11-17(20)25)26-22(28)13-27(19-10-14(23)8-9-16(19)24)33(29,30)15-6-4-3-5-7-15/h3-12H,13H2,1-2H3,(H,26,28). The molecule has 0 bridgehead atoms. The number of benzene rings is 3. The van der Waals surface area contributed by atoms with Crippen LogP contribution in [0.5, 0.6) is 11.5 Å². The van der Waals surface area contributed by atoms with Crippen LogP contribution in [0.25, 0.3) is 0 Å². The molecule has 0 heterocycles. The number of ether oxygens (including phenoxy) is 2. The Morgan fingerprint density at radius 2 is 1.58 bits per heavy atom. The number of carbonyl (C=O) groups excluding carboxylic acids is 1. The smallest absolute Gasteiger partial charge is 0.264 e. The monoisotopic (exact) mass is 528 g/mol. The van der Waals surface area contributed by atoms with Crippen molar-refractivity contribution in [3.63, 3.8) is 0 Å². The summed E-state index contributed by atoms with van der Waals surface area (Å²) in [6.07, 6.45) is 0. The van der Waals surface area contributed by atoms with Crippen molar-refractivity contribution >= 4 is 62.1 Å². The van der Waals surface area contributed by atoms with Gasteiger partial charge < -0.3 is 14.8 Å². The summed E-state index contributed by atoms with van der Waals surface area (Å²) >= 11 is 18.5. The van der Waals surface area contributed by atoms with Crippen LogP contribution < -0.4 is 19.1 Å². The van der Waals surface area contributed by atoms with E-state index in [4.69, 9.17) is 44.3 Å². The first-order valence-electron chi connectivity index (χ1n) is 9.41. The van der Waals surface area contributed by atoms with Crippen LogP contribution in [0.4, 0.5) is 11.4 Å². The second-order valence-electron chi connectivity index (χ2n) is 6.66. The molecule has 0 aliphatic rings. The molecule has 1 N–H and O–H groups in total. The van der Waals surface area contributed by atoms with Gasteiger partial charge in [-0.25, -0.2) is 8.42 Å². The first kappa shape index (κ1) is 25.0. The minimum Gasteiger partial charge on any atom is -0.495 e. The summed E-state index contributed by atoms with van der Waals surface area (Å²) in [5.74, 6) is -0.0833. The number of sulfonamides is 1. The highest BCUT2D eigenvalue weighted by molar-refractivity contribution is 7.92. The van der Waals surface area contributed by atoms with Crippen molar-refractivity contribution in [3.05, 3.63) is 75.7 Å². The average Bonchev–Trinajstić information content (AvgIpc) is 2.80. The molecule has 174 valence electrons. The fourth-order valence-corrected chi connectivity index (χ4v) is 5.09. The summed E-state index contributed by atoms with van der Waals surface area (Å²) in [5, 5.41) is 3.29. The molecule has 0 atom stereocenters. The Bertz CT molecular complexity index is 1270. The van der Waals surface area contributed by atoms with E-state index in [-0.39, 0.29) is 37.1 Å². The first-order chi connectivity index (χ1) is 15.7. The zero-order valence-electron chi connectivity index (χ0n) is 17.5. The van der Waals surface area contributed by atoms with Crippen molar-refractivity contribution in [2.24, 2.45) is 0 Å². The number of nitrogens with zero attached hydrogens (tertiary/aromatic N) is 1. The second-order valence-corrected chi connectivity index (χ2v) is 9.77. The molecule has 0 fully saturated rings. The molecule has 0 aliphatic heterocycles. The Hall–Kier alpha value is -2.65. The molecule has 3 rings (SSSR count). The number of amides is 1. The highest BCUT2D eigenvalue weighted by Gasteiger charge is 2.29. The third-order valence-electron chi connectivity index (χ3n) is 4.54. The quantitative estimate of drug-likeness (QED) is 0.417. The highest BCUT2D eigenvalue weighted by Crippen LogP contribution is 2.36. The number of rotatable bonds is 8. The number of hydrogen-bond donors (Lipinski definition) is 1. The van der Waals surface area contributed by atoms with Crippen molar-refractivity contribution in [3.8, 4) is 11.5 Å². The van der Waals surface area contributed by atoms with E-state index in [1.807, 2.05) is 0 Å². The highest BCUT2D eigenvalue weighted by atomic mass is 35.5. The van der Waals surface area contributed by atoms with E-state index in [2.05, 4.69) is 5.32 Å². The SMILES string of the molecule is COc1cc(NC(=O)CN(c2cc(Cl)ccc2Cl)S(=O)(=O)c2ccccc2)c(OC)cc1Cl. The summed E-state index contributed by atoms with van der Waals surface area (Å²) in [6.45, 7) is -0.592. The molecule has 0 radical (unpaired) electrons. The van der Waals surface area contributed by atoms with Crippen molar-refractivity contribution < 1.29 is 22.7 Å². The lowest BCUT2D eigenvalue weighted by molar-refractivity contribution is -0.114. The molecule has 1 amide bonds. The number of anilines is 2. The van der Waals surface area contributed by atoms with Gasteiger partial charge in [0, 0.05) is 17.2 Å². The molecule has 0 aromatic heterocycles. The molecular weight excluding hydrogens is 511 g/mol. The first-order valence-corrected chi connectivity index (χ1v) is 12.0. The Labute approximate surface area is 206 Å². The van der Waals surface area contributed by atoms with E-state index in [1.54, 1.807) is 18.2 Å². The van der Waals surface area contributed by atoms with Gasteiger partial charge in [0.05, 0.1) is 40.5 Å². The van der Waals surface area contributed by atoms with Gasteiger partial charge in [0.2, 0.25) is 5.91 Å². The maximum Gasteiger partial charge on any atom is 0.264 e. The van der Waals surface area contributed by atoms with Crippen molar-refractivity contribution in [2.75, 3.05) is 30.4 Å². The minimum absolute atomic E-state index is 0.0143. The van der Waals surface area contributed by atoms with E-state index in [0.717, 1.165) is 4.31 Å². The minimum atomic E-state index is -4.16. The van der Waals surface area contributed by atoms with Crippen molar-refractivity contribution in [1.29, 1.82) is 0 Å². The Morgan fingerprint density at radius 1 is 0.909 bits per heavy atom. The lowest BCUT2D eigenvalue weighted by Crippen LogP contribution is -2.38. The van der Waals surface area contributed by atoms with Gasteiger partial charge in [0.25, 0.3) is 10.0 Å². The summed E-state index contributed by atoms with van der Waals surface area (Å²) in [6, 6.07) is 15.0. The Kier molecular flexibility index (Phi) is 7.97. The summed E-state index contributed by atoms with van der Waals surface area (Å²) in [4.78, 5) is 13.0. The number of halogens is 3. The van der Waals surface area contributed by atoms with Crippen LogP contribution in [0, 0.1) is 0 Å². The van der Waals surface area contributed by atoms with E-state index in [9.17, 15) is 13.2 Å². The van der Waals surface area contributed by atoms with E-state index in [1.165, 1.54) is 56.7 Å². The van der Waals surface area contributed by atoms with Gasteiger partial charge in [0.1, 0.15) is 18.0 Å². The molecule has 11 heteroatoms. The topological polar surface area (TPSA) is 84.9 Å². The number of carbonyl (C=O) groups is 1. The van der Waals surface area contributed by atoms with Gasteiger partial charge in [-0.15, -0.1) is 0 Å². The van der Waals surface area contributed by atoms with Gasteiger partial charge in [-0.05, 0) is 30.3 Å². The maximum atomic E-state index is 13.4. The van der Waals surface area contributed by atoms with Crippen LogP contribution in [-0.2, 0) is 14.8 Å². The Balaban J connectivity index is 2.01. The van der Waals surface area contributed by atoms with Gasteiger partial charge in [-0.1, -0.05) is 53.0 Å². The number of methoxy groups -OCH3 is 2. The van der Waals surface area contributed by atoms with Crippen LogP contribution in [0.15, 0.2) is 65.6 Å². The molecule has 33 heavy (non-hydrogen) atoms. The van der Waals surface area contributed by atoms with E-state index >= 15 is 0 Å². The van der Waals surface area contributed by atoms with Crippen LogP contribution in [-0.4, -0.2) is 35.1 Å².